The largest absolute Gasteiger partial charge is 0.508 e. The molecule has 0 radical (unpaired) electrons. The first-order valence-corrected chi connectivity index (χ1v) is 7.29. The fraction of sp³-hybridized carbons (Fsp3) is 0.200. The van der Waals surface area contributed by atoms with Gasteiger partial charge in [0.05, 0.1) is 4.92 Å². The van der Waals surface area contributed by atoms with Crippen LogP contribution in [0.3, 0.4) is 0 Å². The topological polar surface area (TPSA) is 75.4 Å². The van der Waals surface area contributed by atoms with E-state index in [1.54, 1.807) is 30.3 Å². The molecule has 2 aromatic rings. The van der Waals surface area contributed by atoms with E-state index in [1.807, 2.05) is 6.92 Å². The molecule has 0 aliphatic carbocycles. The van der Waals surface area contributed by atoms with Crippen molar-refractivity contribution in [1.29, 1.82) is 0 Å². The summed E-state index contributed by atoms with van der Waals surface area (Å²) < 4.78 is 0.865. The molecule has 0 aromatic heterocycles. The predicted molar refractivity (Wildman–Crippen MR) is 85.6 cm³/mol. The highest BCUT2D eigenvalue weighted by Gasteiger charge is 2.13. The number of aryl methyl sites for hydroxylation is 1. The highest BCUT2D eigenvalue weighted by molar-refractivity contribution is 9.10. The lowest BCUT2D eigenvalue weighted by molar-refractivity contribution is -0.385. The van der Waals surface area contributed by atoms with Crippen LogP contribution in [-0.4, -0.2) is 10.0 Å². The maximum absolute atomic E-state index is 11.0. The van der Waals surface area contributed by atoms with Crippen molar-refractivity contribution in [1.82, 2.24) is 0 Å². The van der Waals surface area contributed by atoms with Gasteiger partial charge in [0.15, 0.2) is 0 Å². The zero-order valence-corrected chi connectivity index (χ0v) is 13.1. The fourth-order valence-corrected chi connectivity index (χ4v) is 2.44. The molecule has 6 heteroatoms. The molecule has 0 amide bonds. The number of anilines is 1. The van der Waals surface area contributed by atoms with E-state index >= 15 is 0 Å². The van der Waals surface area contributed by atoms with Crippen molar-refractivity contribution in [3.05, 3.63) is 62.1 Å². The summed E-state index contributed by atoms with van der Waals surface area (Å²) >= 11 is 3.34. The second-order valence-corrected chi connectivity index (χ2v) is 5.50. The smallest absolute Gasteiger partial charge is 0.274 e. The Bertz CT molecular complexity index is 674. The number of nitro benzene ring substituents is 1. The Hall–Kier alpha value is -2.08. The van der Waals surface area contributed by atoms with Crippen molar-refractivity contribution in [2.24, 2.45) is 0 Å². The third kappa shape index (κ3) is 3.72. The molecule has 0 aliphatic heterocycles. The number of nitrogens with one attached hydrogen (secondary N) is 1. The Morgan fingerprint density at radius 1 is 1.24 bits per heavy atom. The first-order chi connectivity index (χ1) is 10.0. The summed E-state index contributed by atoms with van der Waals surface area (Å²) in [6.07, 6.45) is 0.614. The molecule has 0 heterocycles. The minimum Gasteiger partial charge on any atom is -0.508 e. The second-order valence-electron chi connectivity index (χ2n) is 4.58. The van der Waals surface area contributed by atoms with Crippen molar-refractivity contribution in [2.45, 2.75) is 19.9 Å². The van der Waals surface area contributed by atoms with Gasteiger partial charge in [-0.05, 0) is 30.7 Å². The monoisotopic (exact) mass is 350 g/mol. The summed E-state index contributed by atoms with van der Waals surface area (Å²) in [6, 6.07) is 10.2. The highest BCUT2D eigenvalue weighted by atomic mass is 79.9. The lowest BCUT2D eigenvalue weighted by Crippen LogP contribution is -2.02. The number of hydrogen-bond donors (Lipinski definition) is 2. The first-order valence-electron chi connectivity index (χ1n) is 6.50. The van der Waals surface area contributed by atoms with Crippen molar-refractivity contribution in [3.8, 4) is 5.75 Å². The van der Waals surface area contributed by atoms with Gasteiger partial charge in [-0.25, -0.2) is 0 Å². The minimum atomic E-state index is -0.374. The van der Waals surface area contributed by atoms with Crippen molar-refractivity contribution in [3.63, 3.8) is 0 Å². The Morgan fingerprint density at radius 3 is 2.67 bits per heavy atom. The van der Waals surface area contributed by atoms with Crippen LogP contribution in [0.5, 0.6) is 5.75 Å². The van der Waals surface area contributed by atoms with E-state index in [-0.39, 0.29) is 16.4 Å². The maximum Gasteiger partial charge on any atom is 0.274 e. The van der Waals surface area contributed by atoms with Gasteiger partial charge < -0.3 is 10.4 Å². The van der Waals surface area contributed by atoms with E-state index < -0.39 is 0 Å². The summed E-state index contributed by atoms with van der Waals surface area (Å²) in [6.45, 7) is 2.27. The van der Waals surface area contributed by atoms with Crippen LogP contribution in [0.4, 0.5) is 11.4 Å². The summed E-state index contributed by atoms with van der Waals surface area (Å²) in [4.78, 5) is 10.7. The molecular weight excluding hydrogens is 336 g/mol. The number of phenols is 1. The Labute approximate surface area is 130 Å². The van der Waals surface area contributed by atoms with Crippen LogP contribution < -0.4 is 5.32 Å². The quantitative estimate of drug-likeness (QED) is 0.624. The van der Waals surface area contributed by atoms with Gasteiger partial charge in [0, 0.05) is 33.9 Å². The Morgan fingerprint density at radius 2 is 2.00 bits per heavy atom. The van der Waals surface area contributed by atoms with E-state index in [1.165, 1.54) is 6.07 Å². The highest BCUT2D eigenvalue weighted by Crippen LogP contribution is 2.26. The SMILES string of the molecule is CCc1ccc(NCc2cc(Br)ccc2O)cc1[N+](=O)[O-]. The number of phenolic OH excluding ortho intramolecular Hbond substituents is 1. The molecule has 110 valence electrons. The van der Waals surface area contributed by atoms with E-state index in [0.29, 0.717) is 29.8 Å². The summed E-state index contributed by atoms with van der Waals surface area (Å²) in [5, 5.41) is 23.9. The van der Waals surface area contributed by atoms with Crippen molar-refractivity contribution in [2.75, 3.05) is 5.32 Å². The lowest BCUT2D eigenvalue weighted by Gasteiger charge is -2.09. The van der Waals surface area contributed by atoms with Gasteiger partial charge in [-0.1, -0.05) is 28.9 Å². The Balaban J connectivity index is 2.18. The third-order valence-electron chi connectivity index (χ3n) is 3.19. The van der Waals surface area contributed by atoms with Gasteiger partial charge >= 0.3 is 0 Å². The molecule has 2 rings (SSSR count). The molecule has 0 spiro atoms. The van der Waals surface area contributed by atoms with Gasteiger partial charge in [-0.3, -0.25) is 10.1 Å². The molecule has 5 nitrogen and oxygen atoms in total. The molecule has 0 aliphatic rings. The van der Waals surface area contributed by atoms with E-state index in [2.05, 4.69) is 21.2 Å². The normalized spacial score (nSPS) is 10.4. The van der Waals surface area contributed by atoms with E-state index in [9.17, 15) is 15.2 Å². The molecule has 0 fully saturated rings. The van der Waals surface area contributed by atoms with Crippen LogP contribution in [0.15, 0.2) is 40.9 Å². The zero-order valence-electron chi connectivity index (χ0n) is 11.5. The number of halogens is 1. The predicted octanol–water partition coefficient (Wildman–Crippen LogP) is 4.24. The average Bonchev–Trinajstić information content (AvgIpc) is 2.47. The summed E-state index contributed by atoms with van der Waals surface area (Å²) in [5.74, 6) is 0.186. The molecule has 0 bridgehead atoms. The van der Waals surface area contributed by atoms with Gasteiger partial charge in [-0.15, -0.1) is 0 Å². The number of hydrogen-bond acceptors (Lipinski definition) is 4. The summed E-state index contributed by atoms with van der Waals surface area (Å²) in [7, 11) is 0. The first kappa shape index (κ1) is 15.3. The molecule has 2 aromatic carbocycles. The third-order valence-corrected chi connectivity index (χ3v) is 3.68. The molecule has 0 unspecified atom stereocenters. The van der Waals surface area contributed by atoms with E-state index in [0.717, 1.165) is 4.47 Å². The Kier molecular flexibility index (Phi) is 4.80. The van der Waals surface area contributed by atoms with E-state index in [4.69, 9.17) is 0 Å². The second kappa shape index (κ2) is 6.58. The minimum absolute atomic E-state index is 0.112. The standard InChI is InChI=1S/C15H15BrN2O3/c1-2-10-3-5-13(8-14(10)18(20)21)17-9-11-7-12(16)4-6-15(11)19/h3-8,17,19H,2,9H2,1H3. The number of nitro groups is 1. The molecular formula is C15H15BrN2O3. The average molecular weight is 351 g/mol. The molecule has 0 saturated carbocycles. The van der Waals surface area contributed by atoms with Crippen LogP contribution in [0.1, 0.15) is 18.1 Å². The molecule has 21 heavy (non-hydrogen) atoms. The number of benzene rings is 2. The van der Waals surface area contributed by atoms with Crippen LogP contribution >= 0.6 is 15.9 Å². The van der Waals surface area contributed by atoms with Crippen LogP contribution in [0, 0.1) is 10.1 Å². The fourth-order valence-electron chi connectivity index (χ4n) is 2.04. The maximum atomic E-state index is 11.0. The lowest BCUT2D eigenvalue weighted by atomic mass is 10.1. The van der Waals surface area contributed by atoms with Crippen molar-refractivity contribution >= 4 is 27.3 Å². The van der Waals surface area contributed by atoms with Gasteiger partial charge in [0.2, 0.25) is 0 Å². The van der Waals surface area contributed by atoms with Gasteiger partial charge in [0.1, 0.15) is 5.75 Å². The summed E-state index contributed by atoms with van der Waals surface area (Å²) in [5.41, 5.74) is 2.18. The number of aromatic hydroxyl groups is 1. The number of nitrogens with zero attached hydrogens (tertiary/aromatic N) is 1. The number of rotatable bonds is 5. The van der Waals surface area contributed by atoms with Gasteiger partial charge in [-0.2, -0.15) is 0 Å². The van der Waals surface area contributed by atoms with Gasteiger partial charge in [0.25, 0.3) is 5.69 Å². The van der Waals surface area contributed by atoms with Crippen LogP contribution in [0.2, 0.25) is 0 Å². The molecule has 0 atom stereocenters. The molecule has 0 saturated heterocycles. The molecule has 2 N–H and O–H groups in total. The van der Waals surface area contributed by atoms with Crippen LogP contribution in [0.25, 0.3) is 0 Å². The van der Waals surface area contributed by atoms with Crippen LogP contribution in [-0.2, 0) is 13.0 Å². The zero-order chi connectivity index (χ0) is 15.4. The van der Waals surface area contributed by atoms with Crippen molar-refractivity contribution < 1.29 is 10.0 Å².